The molecule has 2 heterocycles. The number of nitrogens with one attached hydrogen (secondary N) is 1. The molecule has 6 nitrogen and oxygen atoms in total. The Balaban J connectivity index is 1.75. The SMILES string of the molecule is COc1ccc(N2C(=O)/C(=C/c3cc4c(cc3Cl)N(C)C(C)(C)C[C@H]4C)C(=O)NC2=S)cc1. The molecule has 0 radical (unpaired) electrons. The predicted molar refractivity (Wildman–Crippen MR) is 136 cm³/mol. The lowest BCUT2D eigenvalue weighted by atomic mass is 9.80. The molecule has 1 atom stereocenters. The number of carbonyl (C=O) groups excluding carboxylic acids is 2. The van der Waals surface area contributed by atoms with Crippen molar-refractivity contribution in [3.63, 3.8) is 0 Å². The van der Waals surface area contributed by atoms with Gasteiger partial charge in [0.2, 0.25) is 0 Å². The van der Waals surface area contributed by atoms with Crippen molar-refractivity contribution in [3.8, 4) is 5.75 Å². The molecule has 1 N–H and O–H groups in total. The van der Waals surface area contributed by atoms with Crippen molar-refractivity contribution in [2.45, 2.75) is 38.6 Å². The third-order valence-corrected chi connectivity index (χ3v) is 7.10. The minimum Gasteiger partial charge on any atom is -0.497 e. The van der Waals surface area contributed by atoms with Crippen molar-refractivity contribution in [1.82, 2.24) is 5.32 Å². The zero-order valence-corrected chi connectivity index (χ0v) is 20.8. The molecule has 0 unspecified atom stereocenters. The van der Waals surface area contributed by atoms with E-state index in [-0.39, 0.29) is 16.2 Å². The summed E-state index contributed by atoms with van der Waals surface area (Å²) in [6, 6.07) is 10.8. The van der Waals surface area contributed by atoms with Crippen LogP contribution in [0.5, 0.6) is 5.75 Å². The normalized spacial score (nSPS) is 21.2. The number of carbonyl (C=O) groups is 2. The Labute approximate surface area is 204 Å². The van der Waals surface area contributed by atoms with Crippen LogP contribution in [0.4, 0.5) is 11.4 Å². The van der Waals surface area contributed by atoms with Gasteiger partial charge in [-0.2, -0.15) is 0 Å². The molecule has 2 aromatic rings. The Kier molecular flexibility index (Phi) is 5.97. The first kappa shape index (κ1) is 23.3. The topological polar surface area (TPSA) is 61.9 Å². The first-order chi connectivity index (χ1) is 15.5. The number of thiocarbonyl (C=S) groups is 1. The number of anilines is 2. The van der Waals surface area contributed by atoms with E-state index in [0.29, 0.717) is 27.9 Å². The lowest BCUT2D eigenvalue weighted by Crippen LogP contribution is -2.54. The molecule has 0 bridgehead atoms. The zero-order chi connectivity index (χ0) is 24.1. The Morgan fingerprint density at radius 2 is 1.88 bits per heavy atom. The third kappa shape index (κ3) is 4.11. The number of nitrogens with zero attached hydrogens (tertiary/aromatic N) is 2. The van der Waals surface area contributed by atoms with Crippen LogP contribution in [-0.2, 0) is 9.59 Å². The van der Waals surface area contributed by atoms with E-state index in [1.807, 2.05) is 12.1 Å². The Hall–Kier alpha value is -2.90. The first-order valence-corrected chi connectivity index (χ1v) is 11.4. The van der Waals surface area contributed by atoms with E-state index in [0.717, 1.165) is 17.7 Å². The number of ether oxygens (including phenoxy) is 1. The Bertz CT molecular complexity index is 1190. The van der Waals surface area contributed by atoms with Crippen molar-refractivity contribution in [2.75, 3.05) is 24.0 Å². The molecule has 2 aromatic carbocycles. The predicted octanol–water partition coefficient (Wildman–Crippen LogP) is 4.90. The van der Waals surface area contributed by atoms with Crippen LogP contribution < -0.4 is 19.9 Å². The second-order valence-corrected chi connectivity index (χ2v) is 9.86. The highest BCUT2D eigenvalue weighted by Gasteiger charge is 2.36. The molecule has 0 aromatic heterocycles. The van der Waals surface area contributed by atoms with Gasteiger partial charge in [-0.3, -0.25) is 19.8 Å². The van der Waals surface area contributed by atoms with E-state index in [2.05, 4.69) is 38.0 Å². The van der Waals surface area contributed by atoms with Crippen molar-refractivity contribution >= 4 is 58.2 Å². The van der Waals surface area contributed by atoms with Crippen molar-refractivity contribution in [1.29, 1.82) is 0 Å². The summed E-state index contributed by atoms with van der Waals surface area (Å²) < 4.78 is 5.18. The van der Waals surface area contributed by atoms with E-state index < -0.39 is 11.8 Å². The average Bonchev–Trinajstić information content (AvgIpc) is 2.75. The first-order valence-electron chi connectivity index (χ1n) is 10.7. The molecule has 1 saturated heterocycles. The summed E-state index contributed by atoms with van der Waals surface area (Å²) in [5, 5.41) is 3.12. The lowest BCUT2D eigenvalue weighted by Gasteiger charge is -2.45. The van der Waals surface area contributed by atoms with Gasteiger partial charge in [0.15, 0.2) is 5.11 Å². The quantitative estimate of drug-likeness (QED) is 0.382. The summed E-state index contributed by atoms with van der Waals surface area (Å²) in [6.07, 6.45) is 2.53. The summed E-state index contributed by atoms with van der Waals surface area (Å²) >= 11 is 11.9. The van der Waals surface area contributed by atoms with Crippen LogP contribution in [0.1, 0.15) is 44.2 Å². The number of methoxy groups -OCH3 is 1. The van der Waals surface area contributed by atoms with Gasteiger partial charge in [-0.1, -0.05) is 18.5 Å². The van der Waals surface area contributed by atoms with Crippen molar-refractivity contribution in [2.24, 2.45) is 0 Å². The maximum absolute atomic E-state index is 13.3. The number of fused-ring (bicyclic) bond motifs is 1. The highest BCUT2D eigenvalue weighted by atomic mass is 35.5. The van der Waals surface area contributed by atoms with Crippen LogP contribution in [0.15, 0.2) is 42.0 Å². The fourth-order valence-electron chi connectivity index (χ4n) is 4.49. The van der Waals surface area contributed by atoms with Gasteiger partial charge in [-0.15, -0.1) is 0 Å². The fraction of sp³-hybridized carbons (Fsp3) is 0.320. The maximum Gasteiger partial charge on any atom is 0.270 e. The highest BCUT2D eigenvalue weighted by molar-refractivity contribution is 7.80. The molecule has 0 aliphatic carbocycles. The smallest absolute Gasteiger partial charge is 0.270 e. The van der Waals surface area contributed by atoms with E-state index in [1.54, 1.807) is 37.5 Å². The summed E-state index contributed by atoms with van der Waals surface area (Å²) in [5.41, 5.74) is 3.33. The molecular formula is C25H26ClN3O3S. The standard InChI is InChI=1S/C25H26ClN3O3S/c1-14-13-25(2,3)28(4)21-12-20(26)15(10-18(14)21)11-19-22(30)27-24(33)29(23(19)31)16-6-8-17(32-5)9-7-16/h6-12,14H,13H2,1-5H3,(H,27,30,33)/b19-11+/t14-/m1/s1. The fourth-order valence-corrected chi connectivity index (χ4v) is 4.99. The van der Waals surface area contributed by atoms with E-state index in [1.165, 1.54) is 4.90 Å². The lowest BCUT2D eigenvalue weighted by molar-refractivity contribution is -0.122. The molecule has 33 heavy (non-hydrogen) atoms. The monoisotopic (exact) mass is 483 g/mol. The average molecular weight is 484 g/mol. The number of benzene rings is 2. The van der Waals surface area contributed by atoms with Gasteiger partial charge < -0.3 is 9.64 Å². The van der Waals surface area contributed by atoms with Crippen LogP contribution in [0.2, 0.25) is 5.02 Å². The van der Waals surface area contributed by atoms with E-state index >= 15 is 0 Å². The summed E-state index contributed by atoms with van der Waals surface area (Å²) in [7, 11) is 3.62. The van der Waals surface area contributed by atoms with E-state index in [4.69, 9.17) is 28.6 Å². The number of hydrogen-bond donors (Lipinski definition) is 1. The summed E-state index contributed by atoms with van der Waals surface area (Å²) in [5.74, 6) is -0.0965. The summed E-state index contributed by atoms with van der Waals surface area (Å²) in [4.78, 5) is 29.6. The molecule has 0 spiro atoms. The minimum atomic E-state index is -0.546. The molecule has 8 heteroatoms. The number of amides is 2. The molecule has 0 saturated carbocycles. The van der Waals surface area contributed by atoms with Gasteiger partial charge in [0, 0.05) is 23.3 Å². The molecule has 1 fully saturated rings. The largest absolute Gasteiger partial charge is 0.497 e. The van der Waals surface area contributed by atoms with E-state index in [9.17, 15) is 9.59 Å². The summed E-state index contributed by atoms with van der Waals surface area (Å²) in [6.45, 7) is 6.59. The Morgan fingerprint density at radius 1 is 1.21 bits per heavy atom. The second-order valence-electron chi connectivity index (χ2n) is 9.07. The number of rotatable bonds is 3. The van der Waals surface area contributed by atoms with Crippen LogP contribution >= 0.6 is 23.8 Å². The molecule has 172 valence electrons. The van der Waals surface area contributed by atoms with Gasteiger partial charge in [-0.05, 0) is 92.0 Å². The second kappa shape index (κ2) is 8.47. The minimum absolute atomic E-state index is 0.00348. The van der Waals surface area contributed by atoms with Gasteiger partial charge in [-0.25, -0.2) is 0 Å². The Morgan fingerprint density at radius 3 is 2.52 bits per heavy atom. The highest BCUT2D eigenvalue weighted by Crippen LogP contribution is 2.44. The molecule has 2 aliphatic rings. The van der Waals surface area contributed by atoms with Crippen LogP contribution in [0, 0.1) is 0 Å². The number of hydrogen-bond acceptors (Lipinski definition) is 5. The van der Waals surface area contributed by atoms with Crippen LogP contribution in [0.25, 0.3) is 6.08 Å². The van der Waals surface area contributed by atoms with Crippen LogP contribution in [0.3, 0.4) is 0 Å². The van der Waals surface area contributed by atoms with Gasteiger partial charge in [0.1, 0.15) is 11.3 Å². The maximum atomic E-state index is 13.3. The van der Waals surface area contributed by atoms with Crippen LogP contribution in [-0.4, -0.2) is 36.6 Å². The molecular weight excluding hydrogens is 458 g/mol. The van der Waals surface area contributed by atoms with Gasteiger partial charge >= 0.3 is 0 Å². The van der Waals surface area contributed by atoms with Gasteiger partial charge in [0.05, 0.1) is 12.8 Å². The van der Waals surface area contributed by atoms with Crippen molar-refractivity contribution in [3.05, 3.63) is 58.1 Å². The number of halogens is 1. The van der Waals surface area contributed by atoms with Gasteiger partial charge in [0.25, 0.3) is 11.8 Å². The zero-order valence-electron chi connectivity index (χ0n) is 19.2. The molecule has 4 rings (SSSR count). The van der Waals surface area contributed by atoms with Crippen molar-refractivity contribution < 1.29 is 14.3 Å². The molecule has 2 aliphatic heterocycles. The molecule has 2 amide bonds. The third-order valence-electron chi connectivity index (χ3n) is 6.48.